The molecule has 0 bridgehead atoms. The first kappa shape index (κ1) is 17.2. The number of ether oxygens (including phenoxy) is 2. The third-order valence-electron chi connectivity index (χ3n) is 3.46. The lowest BCUT2D eigenvalue weighted by atomic mass is 10.2. The van der Waals surface area contributed by atoms with E-state index in [9.17, 15) is 9.18 Å². The van der Waals surface area contributed by atoms with Gasteiger partial charge in [-0.15, -0.1) is 11.8 Å². The highest BCUT2D eigenvalue weighted by Crippen LogP contribution is 2.28. The van der Waals surface area contributed by atoms with Crippen LogP contribution in [0.15, 0.2) is 41.7 Å². The van der Waals surface area contributed by atoms with E-state index in [1.54, 1.807) is 32.4 Å². The Kier molecular flexibility index (Phi) is 5.18. The lowest BCUT2D eigenvalue weighted by Gasteiger charge is -2.08. The number of aromatic nitrogens is 3. The second-order valence-corrected chi connectivity index (χ2v) is 6.05. The predicted octanol–water partition coefficient (Wildman–Crippen LogP) is 3.35. The van der Waals surface area contributed by atoms with Gasteiger partial charge in [-0.25, -0.2) is 18.7 Å². The van der Waals surface area contributed by atoms with Crippen molar-refractivity contribution in [2.24, 2.45) is 0 Å². The largest absolute Gasteiger partial charge is 0.496 e. The second kappa shape index (κ2) is 7.52. The van der Waals surface area contributed by atoms with Crippen LogP contribution in [-0.2, 0) is 10.5 Å². The van der Waals surface area contributed by atoms with E-state index in [4.69, 9.17) is 9.47 Å². The first-order valence-electron chi connectivity index (χ1n) is 7.59. The summed E-state index contributed by atoms with van der Waals surface area (Å²) >= 11 is 1.41. The molecule has 0 N–H and O–H groups in total. The number of hydrogen-bond donors (Lipinski definition) is 0. The number of carbonyl (C=O) groups excluding carboxylic acids is 1. The summed E-state index contributed by atoms with van der Waals surface area (Å²) < 4.78 is 25.2. The molecule has 3 aromatic rings. The number of esters is 1. The summed E-state index contributed by atoms with van der Waals surface area (Å²) in [4.78, 5) is 16.4. The fraction of sp³-hybridized carbons (Fsp3) is 0.235. The summed E-state index contributed by atoms with van der Waals surface area (Å²) in [5, 5.41) is 4.78. The molecule has 0 aliphatic heterocycles. The van der Waals surface area contributed by atoms with E-state index in [1.807, 2.05) is 0 Å². The van der Waals surface area contributed by atoms with Gasteiger partial charge in [-0.2, -0.15) is 5.10 Å². The third kappa shape index (κ3) is 3.74. The Morgan fingerprint density at radius 2 is 2.20 bits per heavy atom. The molecule has 0 aliphatic carbocycles. The normalized spacial score (nSPS) is 10.8. The zero-order chi connectivity index (χ0) is 17.8. The van der Waals surface area contributed by atoms with Gasteiger partial charge in [0.05, 0.1) is 19.9 Å². The molecule has 0 saturated heterocycles. The zero-order valence-electron chi connectivity index (χ0n) is 13.7. The number of fused-ring (bicyclic) bond motifs is 1. The summed E-state index contributed by atoms with van der Waals surface area (Å²) in [7, 11) is 1.55. The molecule has 0 unspecified atom stereocenters. The van der Waals surface area contributed by atoms with Crippen LogP contribution < -0.4 is 4.74 Å². The number of carbonyl (C=O) groups is 1. The maximum Gasteiger partial charge on any atom is 0.343 e. The van der Waals surface area contributed by atoms with E-state index in [-0.39, 0.29) is 12.4 Å². The van der Waals surface area contributed by atoms with E-state index in [0.717, 1.165) is 5.56 Å². The van der Waals surface area contributed by atoms with Crippen molar-refractivity contribution in [2.75, 3.05) is 13.7 Å². The molecule has 2 aromatic heterocycles. The highest BCUT2D eigenvalue weighted by Gasteiger charge is 2.16. The molecule has 0 atom stereocenters. The highest BCUT2D eigenvalue weighted by molar-refractivity contribution is 7.98. The summed E-state index contributed by atoms with van der Waals surface area (Å²) in [6, 6.07) is 6.17. The minimum absolute atomic E-state index is 0.282. The Labute approximate surface area is 148 Å². The Balaban J connectivity index is 1.84. The van der Waals surface area contributed by atoms with E-state index >= 15 is 0 Å². The SMILES string of the molecule is CCOC(=O)c1cnn2ccc(SCc3cc(F)ccc3OC)nc12. The molecule has 1 aromatic carbocycles. The molecule has 2 heterocycles. The van der Waals surface area contributed by atoms with E-state index in [2.05, 4.69) is 10.1 Å². The third-order valence-corrected chi connectivity index (χ3v) is 4.44. The molecule has 0 fully saturated rings. The zero-order valence-corrected chi connectivity index (χ0v) is 14.5. The average Bonchev–Trinajstić information content (AvgIpc) is 3.03. The van der Waals surface area contributed by atoms with Crippen LogP contribution in [0, 0.1) is 5.82 Å². The van der Waals surface area contributed by atoms with Gasteiger partial charge in [0.2, 0.25) is 0 Å². The number of methoxy groups -OCH3 is 1. The van der Waals surface area contributed by atoms with Gasteiger partial charge in [-0.05, 0) is 31.2 Å². The van der Waals surface area contributed by atoms with Gasteiger partial charge in [0.15, 0.2) is 5.65 Å². The molecular weight excluding hydrogens is 345 g/mol. The molecule has 8 heteroatoms. The monoisotopic (exact) mass is 361 g/mol. The van der Waals surface area contributed by atoms with Crippen LogP contribution in [0.25, 0.3) is 5.65 Å². The minimum atomic E-state index is -0.459. The number of halogens is 1. The highest BCUT2D eigenvalue weighted by atomic mass is 32.2. The molecule has 0 amide bonds. The molecule has 0 radical (unpaired) electrons. The number of rotatable bonds is 6. The van der Waals surface area contributed by atoms with Gasteiger partial charge in [-0.3, -0.25) is 0 Å². The fourth-order valence-electron chi connectivity index (χ4n) is 2.30. The van der Waals surface area contributed by atoms with Crippen molar-refractivity contribution in [3.05, 3.63) is 53.6 Å². The molecule has 25 heavy (non-hydrogen) atoms. The standard InChI is InChI=1S/C17H16FN3O3S/c1-3-24-17(22)13-9-19-21-7-6-15(20-16(13)21)25-10-11-8-12(18)4-5-14(11)23-2/h4-9H,3,10H2,1-2H3. The Morgan fingerprint density at radius 3 is 2.96 bits per heavy atom. The van der Waals surface area contributed by atoms with Crippen LogP contribution in [0.4, 0.5) is 4.39 Å². The smallest absolute Gasteiger partial charge is 0.343 e. The molecule has 0 aliphatic rings. The van der Waals surface area contributed by atoms with Crippen molar-refractivity contribution >= 4 is 23.4 Å². The first-order chi connectivity index (χ1) is 12.1. The van der Waals surface area contributed by atoms with Crippen molar-refractivity contribution in [3.8, 4) is 5.75 Å². The van der Waals surface area contributed by atoms with E-state index in [0.29, 0.717) is 27.7 Å². The van der Waals surface area contributed by atoms with Gasteiger partial charge in [-0.1, -0.05) is 0 Å². The molecule has 0 spiro atoms. The number of benzene rings is 1. The number of thioether (sulfide) groups is 1. The van der Waals surface area contributed by atoms with Crippen molar-refractivity contribution in [3.63, 3.8) is 0 Å². The van der Waals surface area contributed by atoms with Crippen LogP contribution in [0.1, 0.15) is 22.8 Å². The Hall–Kier alpha value is -2.61. The Bertz CT molecular complexity index is 913. The summed E-state index contributed by atoms with van der Waals surface area (Å²) in [5.41, 5.74) is 1.47. The summed E-state index contributed by atoms with van der Waals surface area (Å²) in [6.07, 6.45) is 3.15. The fourth-order valence-corrected chi connectivity index (χ4v) is 3.13. The van der Waals surface area contributed by atoms with E-state index in [1.165, 1.54) is 34.6 Å². The molecule has 0 saturated carbocycles. The average molecular weight is 361 g/mol. The van der Waals surface area contributed by atoms with Gasteiger partial charge < -0.3 is 9.47 Å². The number of hydrogen-bond acceptors (Lipinski definition) is 6. The van der Waals surface area contributed by atoms with Crippen LogP contribution in [0.3, 0.4) is 0 Å². The maximum atomic E-state index is 13.4. The van der Waals surface area contributed by atoms with Gasteiger partial charge in [0.25, 0.3) is 0 Å². The van der Waals surface area contributed by atoms with Crippen LogP contribution >= 0.6 is 11.8 Å². The second-order valence-electron chi connectivity index (χ2n) is 5.06. The van der Waals surface area contributed by atoms with Crippen molar-refractivity contribution < 1.29 is 18.7 Å². The molecule has 6 nitrogen and oxygen atoms in total. The van der Waals surface area contributed by atoms with Crippen LogP contribution in [0.2, 0.25) is 0 Å². The van der Waals surface area contributed by atoms with Crippen molar-refractivity contribution in [1.29, 1.82) is 0 Å². The maximum absolute atomic E-state index is 13.4. The Morgan fingerprint density at radius 1 is 1.36 bits per heavy atom. The quantitative estimate of drug-likeness (QED) is 0.381. The van der Waals surface area contributed by atoms with Crippen molar-refractivity contribution in [2.45, 2.75) is 17.7 Å². The summed E-state index contributed by atoms with van der Waals surface area (Å²) in [6.45, 7) is 2.02. The molecule has 3 rings (SSSR count). The van der Waals surface area contributed by atoms with Crippen molar-refractivity contribution in [1.82, 2.24) is 14.6 Å². The lowest BCUT2D eigenvalue weighted by Crippen LogP contribution is -2.05. The predicted molar refractivity (Wildman–Crippen MR) is 91.5 cm³/mol. The van der Waals surface area contributed by atoms with Gasteiger partial charge in [0.1, 0.15) is 22.2 Å². The molecule has 130 valence electrons. The summed E-state index contributed by atoms with van der Waals surface area (Å²) in [5.74, 6) is 0.318. The first-order valence-corrected chi connectivity index (χ1v) is 8.57. The number of nitrogens with zero attached hydrogens (tertiary/aromatic N) is 3. The van der Waals surface area contributed by atoms with Gasteiger partial charge >= 0.3 is 5.97 Å². The van der Waals surface area contributed by atoms with Crippen LogP contribution in [0.5, 0.6) is 5.75 Å². The lowest BCUT2D eigenvalue weighted by molar-refractivity contribution is 0.0528. The van der Waals surface area contributed by atoms with Crippen LogP contribution in [-0.4, -0.2) is 34.3 Å². The minimum Gasteiger partial charge on any atom is -0.496 e. The molecular formula is C17H16FN3O3S. The van der Waals surface area contributed by atoms with E-state index < -0.39 is 5.97 Å². The van der Waals surface area contributed by atoms with Gasteiger partial charge in [0, 0.05) is 17.5 Å². The topological polar surface area (TPSA) is 65.7 Å².